The summed E-state index contributed by atoms with van der Waals surface area (Å²) in [5.74, 6) is -1.01. The van der Waals surface area contributed by atoms with E-state index in [1.165, 1.54) is 14.2 Å². The molecule has 5 heteroatoms. The minimum Gasteiger partial charge on any atom is -0.465 e. The molecular weight excluding hydrogens is 248 g/mol. The molecule has 0 atom stereocenters. The smallest absolute Gasteiger partial charge is 0.338 e. The molecule has 1 aromatic rings. The molecule has 0 N–H and O–H groups in total. The topological polar surface area (TPSA) is 52.6 Å². The van der Waals surface area contributed by atoms with Gasteiger partial charge in [0, 0.05) is 0 Å². The highest BCUT2D eigenvalue weighted by Gasteiger charge is 2.28. The Morgan fingerprint density at radius 2 is 1.56 bits per heavy atom. The fourth-order valence-corrected chi connectivity index (χ4v) is 3.36. The largest absolute Gasteiger partial charge is 0.465 e. The van der Waals surface area contributed by atoms with E-state index in [2.05, 4.69) is 19.6 Å². The maximum Gasteiger partial charge on any atom is 0.338 e. The third-order valence-corrected chi connectivity index (χ3v) is 4.70. The highest BCUT2D eigenvalue weighted by molar-refractivity contribution is 6.89. The minimum atomic E-state index is -1.76. The molecule has 0 aliphatic carbocycles. The zero-order valence-corrected chi connectivity index (χ0v) is 12.4. The van der Waals surface area contributed by atoms with Gasteiger partial charge in [0.2, 0.25) is 0 Å². The second kappa shape index (κ2) is 5.35. The third-order valence-electron chi connectivity index (χ3n) is 2.67. The summed E-state index contributed by atoms with van der Waals surface area (Å²) in [4.78, 5) is 23.6. The lowest BCUT2D eigenvalue weighted by Gasteiger charge is -2.21. The summed E-state index contributed by atoms with van der Waals surface area (Å²) in [6.45, 7) is 6.32. The number of methoxy groups -OCH3 is 2. The lowest BCUT2D eigenvalue weighted by atomic mass is 10.1. The van der Waals surface area contributed by atoms with Crippen LogP contribution in [-0.4, -0.2) is 34.2 Å². The Bertz CT molecular complexity index is 474. The molecular formula is C13H18O4Si. The molecule has 0 radical (unpaired) electrons. The van der Waals surface area contributed by atoms with Gasteiger partial charge in [0.25, 0.3) is 0 Å². The van der Waals surface area contributed by atoms with Gasteiger partial charge in [0.15, 0.2) is 0 Å². The maximum atomic E-state index is 11.9. The Balaban J connectivity index is 3.55. The average Bonchev–Trinajstić information content (AvgIpc) is 2.34. The predicted molar refractivity (Wildman–Crippen MR) is 72.1 cm³/mol. The molecule has 0 aromatic heterocycles. The molecule has 0 amide bonds. The number of carbonyl (C=O) groups is 2. The highest BCUT2D eigenvalue weighted by atomic mass is 28.3. The number of hydrogen-bond acceptors (Lipinski definition) is 4. The Morgan fingerprint density at radius 1 is 1.00 bits per heavy atom. The first-order valence-corrected chi connectivity index (χ1v) is 9.13. The van der Waals surface area contributed by atoms with Gasteiger partial charge in [0.05, 0.1) is 33.4 Å². The molecule has 1 aromatic carbocycles. The molecule has 0 unspecified atom stereocenters. The molecule has 0 aliphatic heterocycles. The van der Waals surface area contributed by atoms with Crippen molar-refractivity contribution in [1.29, 1.82) is 0 Å². The summed E-state index contributed by atoms with van der Waals surface area (Å²) < 4.78 is 9.49. The van der Waals surface area contributed by atoms with Crippen LogP contribution >= 0.6 is 0 Å². The summed E-state index contributed by atoms with van der Waals surface area (Å²) >= 11 is 0. The maximum absolute atomic E-state index is 11.9. The van der Waals surface area contributed by atoms with Crippen LogP contribution in [0.25, 0.3) is 0 Å². The number of esters is 2. The SMILES string of the molecule is COC(=O)c1cccc([Si](C)(C)C)c1C(=O)OC. The van der Waals surface area contributed by atoms with E-state index in [0.29, 0.717) is 5.56 Å². The number of carbonyl (C=O) groups excluding carboxylic acids is 2. The van der Waals surface area contributed by atoms with E-state index in [1.807, 2.05) is 6.07 Å². The highest BCUT2D eigenvalue weighted by Crippen LogP contribution is 2.14. The molecule has 1 rings (SSSR count). The predicted octanol–water partition coefficient (Wildman–Crippen LogP) is 1.80. The van der Waals surface area contributed by atoms with Crippen molar-refractivity contribution in [2.45, 2.75) is 19.6 Å². The van der Waals surface area contributed by atoms with Gasteiger partial charge in [-0.1, -0.05) is 31.8 Å². The van der Waals surface area contributed by atoms with E-state index >= 15 is 0 Å². The fraction of sp³-hybridized carbons (Fsp3) is 0.385. The summed E-state index contributed by atoms with van der Waals surface area (Å²) in [5, 5.41) is 0.900. The zero-order valence-electron chi connectivity index (χ0n) is 11.4. The molecule has 0 spiro atoms. The Labute approximate surface area is 108 Å². The molecule has 0 fully saturated rings. The van der Waals surface area contributed by atoms with Gasteiger partial charge >= 0.3 is 11.9 Å². The standard InChI is InChI=1S/C13H18O4Si/c1-16-12(14)9-7-6-8-10(18(3,4)5)11(9)13(15)17-2/h6-8H,1-5H3. The van der Waals surface area contributed by atoms with Gasteiger partial charge < -0.3 is 9.47 Å². The number of benzene rings is 1. The zero-order chi connectivity index (χ0) is 13.9. The van der Waals surface area contributed by atoms with Crippen molar-refractivity contribution in [3.63, 3.8) is 0 Å². The summed E-state index contributed by atoms with van der Waals surface area (Å²) in [7, 11) is 0.851. The van der Waals surface area contributed by atoms with Crippen LogP contribution in [0.3, 0.4) is 0 Å². The number of rotatable bonds is 3. The molecule has 0 heterocycles. The van der Waals surface area contributed by atoms with Crippen LogP contribution in [0.2, 0.25) is 19.6 Å². The van der Waals surface area contributed by atoms with E-state index in [9.17, 15) is 9.59 Å². The lowest BCUT2D eigenvalue weighted by Crippen LogP contribution is -2.42. The van der Waals surface area contributed by atoms with Gasteiger partial charge in [-0.15, -0.1) is 0 Å². The first kappa shape index (κ1) is 14.4. The monoisotopic (exact) mass is 266 g/mol. The van der Waals surface area contributed by atoms with Gasteiger partial charge in [-0.25, -0.2) is 9.59 Å². The molecule has 4 nitrogen and oxygen atoms in total. The number of ether oxygens (including phenoxy) is 2. The lowest BCUT2D eigenvalue weighted by molar-refractivity contribution is 0.0556. The van der Waals surface area contributed by atoms with Gasteiger partial charge in [-0.05, 0) is 11.3 Å². The van der Waals surface area contributed by atoms with Crippen LogP contribution in [0.1, 0.15) is 20.7 Å². The normalized spacial score (nSPS) is 10.9. The van der Waals surface area contributed by atoms with E-state index in [0.717, 1.165) is 5.19 Å². The Hall–Kier alpha value is -1.62. The van der Waals surface area contributed by atoms with E-state index in [-0.39, 0.29) is 5.56 Å². The van der Waals surface area contributed by atoms with Crippen molar-refractivity contribution in [2.75, 3.05) is 14.2 Å². The molecule has 0 saturated heterocycles. The average molecular weight is 266 g/mol. The van der Waals surface area contributed by atoms with Crippen LogP contribution in [0, 0.1) is 0 Å². The minimum absolute atomic E-state index is 0.268. The van der Waals surface area contributed by atoms with E-state index in [4.69, 9.17) is 9.47 Å². The molecule has 0 aliphatic rings. The van der Waals surface area contributed by atoms with Crippen LogP contribution < -0.4 is 5.19 Å². The second-order valence-electron chi connectivity index (χ2n) is 4.96. The third kappa shape index (κ3) is 2.79. The van der Waals surface area contributed by atoms with Gasteiger partial charge in [-0.2, -0.15) is 0 Å². The molecule has 0 bridgehead atoms. The first-order valence-electron chi connectivity index (χ1n) is 5.63. The Kier molecular flexibility index (Phi) is 4.29. The van der Waals surface area contributed by atoms with Crippen LogP contribution in [-0.2, 0) is 9.47 Å². The summed E-state index contributed by atoms with van der Waals surface area (Å²) in [6, 6.07) is 5.24. The molecule has 18 heavy (non-hydrogen) atoms. The Morgan fingerprint density at radius 3 is 2.00 bits per heavy atom. The van der Waals surface area contributed by atoms with Crippen molar-refractivity contribution in [3.8, 4) is 0 Å². The fourth-order valence-electron chi connectivity index (χ4n) is 1.78. The van der Waals surface area contributed by atoms with Crippen molar-refractivity contribution < 1.29 is 19.1 Å². The van der Waals surface area contributed by atoms with Gasteiger partial charge in [-0.3, -0.25) is 0 Å². The van der Waals surface area contributed by atoms with Crippen LogP contribution in [0.5, 0.6) is 0 Å². The van der Waals surface area contributed by atoms with Crippen molar-refractivity contribution in [3.05, 3.63) is 29.3 Å². The second-order valence-corrected chi connectivity index (χ2v) is 10.00. The summed E-state index contributed by atoms with van der Waals surface area (Å²) in [6.07, 6.45) is 0. The first-order chi connectivity index (χ1) is 8.32. The van der Waals surface area contributed by atoms with E-state index < -0.39 is 20.0 Å². The van der Waals surface area contributed by atoms with Crippen molar-refractivity contribution in [1.82, 2.24) is 0 Å². The molecule has 98 valence electrons. The van der Waals surface area contributed by atoms with Crippen molar-refractivity contribution >= 4 is 25.2 Å². The van der Waals surface area contributed by atoms with Crippen LogP contribution in [0.15, 0.2) is 18.2 Å². The van der Waals surface area contributed by atoms with Crippen molar-refractivity contribution in [2.24, 2.45) is 0 Å². The van der Waals surface area contributed by atoms with E-state index in [1.54, 1.807) is 12.1 Å². The summed E-state index contributed by atoms with van der Waals surface area (Å²) in [5.41, 5.74) is 0.607. The van der Waals surface area contributed by atoms with Gasteiger partial charge in [0.1, 0.15) is 0 Å². The number of hydrogen-bond donors (Lipinski definition) is 0. The van der Waals surface area contributed by atoms with Crippen LogP contribution in [0.4, 0.5) is 0 Å². The quantitative estimate of drug-likeness (QED) is 0.618. The molecule has 0 saturated carbocycles.